The highest BCUT2D eigenvalue weighted by molar-refractivity contribution is 6.36. The van der Waals surface area contributed by atoms with Crippen molar-refractivity contribution in [1.82, 2.24) is 14.8 Å². The van der Waals surface area contributed by atoms with Crippen LogP contribution < -0.4 is 14.2 Å². The fourth-order valence-electron chi connectivity index (χ4n) is 10.1. The van der Waals surface area contributed by atoms with E-state index in [0.717, 1.165) is 71.0 Å². The predicted octanol–water partition coefficient (Wildman–Crippen LogP) is 6.49. The Balaban J connectivity index is 1.04. The number of carbonyl (C=O) groups excluding carboxylic acids is 3. The molecule has 6 aliphatic rings. The van der Waals surface area contributed by atoms with Gasteiger partial charge in [-0.15, -0.1) is 0 Å². The second-order valence-corrected chi connectivity index (χ2v) is 17.9. The van der Waals surface area contributed by atoms with Crippen molar-refractivity contribution >= 4 is 46.1 Å². The highest BCUT2D eigenvalue weighted by atomic mass is 35.5. The Morgan fingerprint density at radius 2 is 1.72 bits per heavy atom. The lowest BCUT2D eigenvalue weighted by Gasteiger charge is -2.29. The van der Waals surface area contributed by atoms with Gasteiger partial charge in [-0.1, -0.05) is 43.7 Å². The first kappa shape index (κ1) is 41.1. The summed E-state index contributed by atoms with van der Waals surface area (Å²) in [5, 5.41) is 11.3. The first-order valence-corrected chi connectivity index (χ1v) is 22.1. The number of carboxylic acids is 1. The van der Waals surface area contributed by atoms with E-state index in [2.05, 4.69) is 4.90 Å². The van der Waals surface area contributed by atoms with E-state index in [0.29, 0.717) is 84.4 Å². The van der Waals surface area contributed by atoms with Crippen LogP contribution in [0.1, 0.15) is 96.8 Å². The smallest absolute Gasteiger partial charge is 0.310 e. The quantitative estimate of drug-likeness (QED) is 0.233. The number of hydrogen-bond donors (Lipinski definition) is 1. The molecule has 4 heterocycles. The Kier molecular flexibility index (Phi) is 12.7. The van der Waals surface area contributed by atoms with Gasteiger partial charge in [0.25, 0.3) is 0 Å². The molecule has 1 unspecified atom stereocenters. The summed E-state index contributed by atoms with van der Waals surface area (Å²) >= 11 is 6.95. The molecule has 13 nitrogen and oxygen atoms in total. The van der Waals surface area contributed by atoms with Crippen molar-refractivity contribution in [2.45, 2.75) is 115 Å². The molecule has 8 rings (SSSR count). The van der Waals surface area contributed by atoms with Gasteiger partial charge in [-0.25, -0.2) is 4.98 Å². The molecule has 316 valence electrons. The van der Waals surface area contributed by atoms with Crippen molar-refractivity contribution in [1.29, 1.82) is 0 Å². The number of carbonyl (C=O) groups is 4. The van der Waals surface area contributed by atoms with Gasteiger partial charge in [0.1, 0.15) is 40.9 Å². The fraction of sp³-hybridized carbons (Fsp3) is 0.705. The van der Waals surface area contributed by atoms with Crippen LogP contribution in [0.5, 0.6) is 17.4 Å². The lowest BCUT2D eigenvalue weighted by atomic mass is 9.90. The van der Waals surface area contributed by atoms with Crippen LogP contribution in [-0.4, -0.2) is 114 Å². The zero-order chi connectivity index (χ0) is 40.4. The van der Waals surface area contributed by atoms with E-state index in [1.165, 1.54) is 6.42 Å². The molecule has 58 heavy (non-hydrogen) atoms. The Morgan fingerprint density at radius 3 is 2.48 bits per heavy atom. The van der Waals surface area contributed by atoms with Crippen molar-refractivity contribution in [3.05, 3.63) is 23.2 Å². The minimum absolute atomic E-state index is 0.0448. The third-order valence-electron chi connectivity index (χ3n) is 13.6. The number of pyridine rings is 1. The van der Waals surface area contributed by atoms with Gasteiger partial charge in [0.2, 0.25) is 11.8 Å². The van der Waals surface area contributed by atoms with Gasteiger partial charge in [-0.3, -0.25) is 24.1 Å². The number of morpholine rings is 1. The number of esters is 1. The number of ketones is 1. The van der Waals surface area contributed by atoms with Crippen LogP contribution in [0.2, 0.25) is 5.02 Å². The van der Waals surface area contributed by atoms with Gasteiger partial charge in [-0.2, -0.15) is 0 Å². The molecule has 6 fully saturated rings. The van der Waals surface area contributed by atoms with E-state index in [-0.39, 0.29) is 55.5 Å². The second-order valence-electron chi connectivity index (χ2n) is 17.5. The number of amides is 1. The number of halogens is 1. The maximum atomic E-state index is 14.7. The number of fused-ring (bicyclic) bond motifs is 4. The minimum Gasteiger partial charge on any atom is -0.491 e. The summed E-state index contributed by atoms with van der Waals surface area (Å²) in [6.07, 6.45) is 8.59. The molecule has 0 bridgehead atoms. The number of hydrogen-bond acceptors (Lipinski definition) is 11. The first-order chi connectivity index (χ1) is 28.1. The molecule has 0 radical (unpaired) electrons. The van der Waals surface area contributed by atoms with Crippen LogP contribution in [0, 0.1) is 29.1 Å². The molecule has 1 N–H and O–H groups in total. The number of Topliss-reactive ketones (excluding diaryl/α,β-unsaturated/α-hetero) is 1. The Morgan fingerprint density at radius 1 is 0.966 bits per heavy atom. The number of aliphatic carboxylic acids is 1. The molecule has 14 heteroatoms. The molecule has 0 spiro atoms. The van der Waals surface area contributed by atoms with E-state index >= 15 is 0 Å². The van der Waals surface area contributed by atoms with E-state index in [1.54, 1.807) is 17.0 Å². The van der Waals surface area contributed by atoms with Crippen molar-refractivity contribution in [2.75, 3.05) is 52.6 Å². The largest absolute Gasteiger partial charge is 0.491 e. The monoisotopic (exact) mass is 823 g/mol. The van der Waals surface area contributed by atoms with Crippen LogP contribution in [0.15, 0.2) is 18.2 Å². The number of carboxylic acid groups (broad SMARTS) is 1. The normalized spacial score (nSPS) is 31.7. The van der Waals surface area contributed by atoms with Crippen LogP contribution in [0.3, 0.4) is 0 Å². The van der Waals surface area contributed by atoms with Crippen molar-refractivity contribution < 1.29 is 48.0 Å². The second kappa shape index (κ2) is 17.9. The molecule has 3 aliphatic carbocycles. The minimum atomic E-state index is -1.11. The summed E-state index contributed by atoms with van der Waals surface area (Å²) in [6.45, 7) is 6.57. The maximum Gasteiger partial charge on any atom is 0.310 e. The van der Waals surface area contributed by atoms with Gasteiger partial charge >= 0.3 is 11.9 Å². The molecule has 2 aromatic rings. The number of aromatic nitrogens is 1. The highest BCUT2D eigenvalue weighted by Crippen LogP contribution is 2.58. The molecular formula is C44H58ClN3O10. The van der Waals surface area contributed by atoms with Crippen molar-refractivity contribution in [3.63, 3.8) is 0 Å². The highest BCUT2D eigenvalue weighted by Gasteiger charge is 2.61. The van der Waals surface area contributed by atoms with Gasteiger partial charge in [0.05, 0.1) is 44.2 Å². The van der Waals surface area contributed by atoms with E-state index in [9.17, 15) is 24.3 Å². The summed E-state index contributed by atoms with van der Waals surface area (Å²) in [7, 11) is 0. The Hall–Kier alpha value is -3.68. The van der Waals surface area contributed by atoms with E-state index in [1.807, 2.05) is 13.0 Å². The zero-order valence-corrected chi connectivity index (χ0v) is 34.4. The van der Waals surface area contributed by atoms with Crippen LogP contribution in [0.25, 0.3) is 10.9 Å². The average Bonchev–Trinajstić information content (AvgIpc) is 4.01. The summed E-state index contributed by atoms with van der Waals surface area (Å²) in [6, 6.07) is 4.43. The molecular weight excluding hydrogens is 766 g/mol. The standard InChI is InChI=1S/C44H58ClN3O10/c1-2-55-38-23-37(33-10-11-36(40(45)41(33)46-38)56-17-14-47-12-15-54-16-13-47)57-32-22-34-35(49)25-44(43(52)53)24-30(44)9-7-5-3-4-6-8-27(42(51)48(34)26-32)21-39(50)58-31-19-28-18-29(28)20-31/h10-11,23,27-32,34H,2-9,12-22,24-26H2,1H3,(H,52,53)/t27-,28-,29+,30-,31?,32-,34+,44-/m1/s1. The van der Waals surface area contributed by atoms with Gasteiger partial charge in [0.15, 0.2) is 5.78 Å². The molecule has 1 aromatic heterocycles. The third-order valence-corrected chi connectivity index (χ3v) is 14.0. The Labute approximate surface area is 345 Å². The topological polar surface area (TPSA) is 154 Å². The van der Waals surface area contributed by atoms with Crippen LogP contribution in [0.4, 0.5) is 0 Å². The Bertz CT molecular complexity index is 1840. The average molecular weight is 824 g/mol. The number of ether oxygens (including phenoxy) is 5. The number of nitrogens with zero attached hydrogens (tertiary/aromatic N) is 3. The molecule has 1 amide bonds. The molecule has 1 aromatic carbocycles. The van der Waals surface area contributed by atoms with Gasteiger partial charge in [0, 0.05) is 49.8 Å². The van der Waals surface area contributed by atoms with E-state index in [4.69, 9.17) is 40.3 Å². The zero-order valence-electron chi connectivity index (χ0n) is 33.7. The fourth-order valence-corrected chi connectivity index (χ4v) is 10.4. The number of rotatable bonds is 12. The first-order valence-electron chi connectivity index (χ1n) is 21.7. The van der Waals surface area contributed by atoms with Gasteiger partial charge in [-0.05, 0) is 75.3 Å². The van der Waals surface area contributed by atoms with E-state index < -0.39 is 29.4 Å². The van der Waals surface area contributed by atoms with Crippen LogP contribution >= 0.6 is 11.6 Å². The lowest BCUT2D eigenvalue weighted by molar-refractivity contribution is -0.154. The molecule has 8 atom stereocenters. The van der Waals surface area contributed by atoms with Crippen molar-refractivity contribution in [2.24, 2.45) is 29.1 Å². The lowest BCUT2D eigenvalue weighted by Crippen LogP contribution is -2.45. The SMILES string of the molecule is CCOc1cc(O[C@@H]2C[C@H]3C(=O)C[C@]4(C(=O)O)C[C@H]4CCCCCCC[C@H](CC(=O)OC4C[C@@H]5C[C@@H]5C4)C(=O)N3C2)c2ccc(OCCN3CCOCC3)c(Cl)c2n1. The molecule has 3 saturated carbocycles. The summed E-state index contributed by atoms with van der Waals surface area (Å²) < 4.78 is 30.0. The van der Waals surface area contributed by atoms with Crippen LogP contribution in [-0.2, 0) is 28.7 Å². The predicted molar refractivity (Wildman–Crippen MR) is 214 cm³/mol. The van der Waals surface area contributed by atoms with Crippen molar-refractivity contribution in [3.8, 4) is 17.4 Å². The summed E-state index contributed by atoms with van der Waals surface area (Å²) in [5.74, 6) is -0.0429. The number of benzene rings is 1. The summed E-state index contributed by atoms with van der Waals surface area (Å²) in [5.41, 5.74) is -0.671. The third kappa shape index (κ3) is 9.21. The maximum absolute atomic E-state index is 14.7. The molecule has 3 aliphatic heterocycles. The molecule has 3 saturated heterocycles. The van der Waals surface area contributed by atoms with Gasteiger partial charge < -0.3 is 33.7 Å². The summed E-state index contributed by atoms with van der Waals surface area (Å²) in [4.78, 5) is 63.7.